The number of carbonyl (C=O) groups excluding carboxylic acids is 1. The van der Waals surface area contributed by atoms with E-state index >= 15 is 0 Å². The number of amides is 1. The molecule has 1 heterocycles. The molecule has 1 aliphatic carbocycles. The fraction of sp³-hybridized carbons (Fsp3) is 0.556. The second-order valence-electron chi connectivity index (χ2n) is 6.12. The lowest BCUT2D eigenvalue weighted by Gasteiger charge is -2.43. The number of ether oxygens (including phenoxy) is 2. The number of fused-ring (bicyclic) bond motifs is 1. The van der Waals surface area contributed by atoms with Crippen molar-refractivity contribution in [1.82, 2.24) is 4.90 Å². The van der Waals surface area contributed by atoms with Gasteiger partial charge in [-0.05, 0) is 30.5 Å². The Morgan fingerprint density at radius 3 is 2.87 bits per heavy atom. The van der Waals surface area contributed by atoms with Gasteiger partial charge in [0.05, 0.1) is 31.2 Å². The lowest BCUT2D eigenvalue weighted by molar-refractivity contribution is -0.151. The van der Waals surface area contributed by atoms with Gasteiger partial charge in [-0.25, -0.2) is 0 Å². The molecule has 1 saturated heterocycles. The molecule has 2 unspecified atom stereocenters. The summed E-state index contributed by atoms with van der Waals surface area (Å²) in [6, 6.07) is 9.65. The van der Waals surface area contributed by atoms with Crippen LogP contribution < -0.4 is 4.74 Å². The Morgan fingerprint density at radius 1 is 1.30 bits per heavy atom. The average molecular weight is 314 g/mol. The zero-order valence-electron chi connectivity index (χ0n) is 13.2. The van der Waals surface area contributed by atoms with E-state index in [-0.39, 0.29) is 24.7 Å². The minimum absolute atomic E-state index is 0.0336. The van der Waals surface area contributed by atoms with Crippen LogP contribution in [-0.4, -0.2) is 42.7 Å². The van der Waals surface area contributed by atoms with Crippen LogP contribution in [0, 0.1) is 11.3 Å². The number of benzene rings is 1. The van der Waals surface area contributed by atoms with E-state index in [0.29, 0.717) is 25.3 Å². The zero-order valence-corrected chi connectivity index (χ0v) is 13.2. The van der Waals surface area contributed by atoms with Crippen molar-refractivity contribution in [3.05, 3.63) is 29.8 Å². The molecular formula is C18H22N2O3. The van der Waals surface area contributed by atoms with Crippen LogP contribution in [0.25, 0.3) is 0 Å². The number of morpholine rings is 1. The summed E-state index contributed by atoms with van der Waals surface area (Å²) >= 11 is 0. The van der Waals surface area contributed by atoms with Crippen molar-refractivity contribution >= 4 is 5.91 Å². The van der Waals surface area contributed by atoms with Crippen LogP contribution in [0.15, 0.2) is 24.3 Å². The van der Waals surface area contributed by atoms with Crippen LogP contribution in [0.4, 0.5) is 0 Å². The van der Waals surface area contributed by atoms with Crippen molar-refractivity contribution in [2.75, 3.05) is 19.8 Å². The highest BCUT2D eigenvalue weighted by Crippen LogP contribution is 2.28. The molecule has 1 amide bonds. The average Bonchev–Trinajstić information content (AvgIpc) is 2.60. The summed E-state index contributed by atoms with van der Waals surface area (Å²) in [5, 5.41) is 8.66. The molecule has 2 fully saturated rings. The van der Waals surface area contributed by atoms with Gasteiger partial charge in [0.2, 0.25) is 0 Å². The highest BCUT2D eigenvalue weighted by atomic mass is 16.5. The molecule has 2 atom stereocenters. The molecule has 3 rings (SSSR count). The van der Waals surface area contributed by atoms with Gasteiger partial charge in [0.15, 0.2) is 6.61 Å². The number of nitrogens with zero attached hydrogens (tertiary/aromatic N) is 2. The Hall–Kier alpha value is -2.06. The first-order valence-corrected chi connectivity index (χ1v) is 8.27. The van der Waals surface area contributed by atoms with Crippen molar-refractivity contribution in [2.24, 2.45) is 0 Å². The Balaban J connectivity index is 1.55. The number of nitriles is 1. The maximum Gasteiger partial charge on any atom is 0.260 e. The van der Waals surface area contributed by atoms with Gasteiger partial charge in [-0.2, -0.15) is 5.26 Å². The molecule has 23 heavy (non-hydrogen) atoms. The van der Waals surface area contributed by atoms with Gasteiger partial charge in [0, 0.05) is 6.54 Å². The summed E-state index contributed by atoms with van der Waals surface area (Å²) in [5.74, 6) is 0.694. The lowest BCUT2D eigenvalue weighted by atomic mass is 9.90. The summed E-state index contributed by atoms with van der Waals surface area (Å²) < 4.78 is 11.4. The van der Waals surface area contributed by atoms with Gasteiger partial charge in [-0.1, -0.05) is 25.0 Å². The lowest BCUT2D eigenvalue weighted by Crippen LogP contribution is -2.55. The Bertz CT molecular complexity index is 577. The smallest absolute Gasteiger partial charge is 0.260 e. The predicted molar refractivity (Wildman–Crippen MR) is 85.0 cm³/mol. The monoisotopic (exact) mass is 314 g/mol. The van der Waals surface area contributed by atoms with Crippen molar-refractivity contribution in [3.63, 3.8) is 0 Å². The SMILES string of the molecule is N#CCc1ccc(OCC(=O)N2CCOC3CCCCC32)cc1. The highest BCUT2D eigenvalue weighted by molar-refractivity contribution is 5.78. The molecule has 1 aliphatic heterocycles. The first-order chi connectivity index (χ1) is 11.3. The van der Waals surface area contributed by atoms with E-state index in [9.17, 15) is 4.79 Å². The van der Waals surface area contributed by atoms with E-state index in [4.69, 9.17) is 14.7 Å². The molecule has 1 saturated carbocycles. The minimum atomic E-state index is 0.0336. The molecule has 2 aliphatic rings. The fourth-order valence-corrected chi connectivity index (χ4v) is 3.43. The van der Waals surface area contributed by atoms with E-state index in [1.54, 1.807) is 0 Å². The number of hydrogen-bond acceptors (Lipinski definition) is 4. The van der Waals surface area contributed by atoms with Crippen molar-refractivity contribution in [2.45, 2.75) is 44.2 Å². The summed E-state index contributed by atoms with van der Waals surface area (Å²) in [7, 11) is 0. The molecule has 1 aromatic carbocycles. The summed E-state index contributed by atoms with van der Waals surface area (Å²) in [5.41, 5.74) is 0.949. The van der Waals surface area contributed by atoms with Crippen LogP contribution in [0.1, 0.15) is 31.2 Å². The summed E-state index contributed by atoms with van der Waals surface area (Å²) in [4.78, 5) is 14.4. The Labute approximate surface area is 136 Å². The van der Waals surface area contributed by atoms with E-state index in [1.165, 1.54) is 6.42 Å². The number of rotatable bonds is 4. The van der Waals surface area contributed by atoms with Gasteiger partial charge in [0.1, 0.15) is 5.75 Å². The molecular weight excluding hydrogens is 292 g/mol. The maximum absolute atomic E-state index is 12.5. The van der Waals surface area contributed by atoms with Gasteiger partial charge in [-0.3, -0.25) is 4.79 Å². The molecule has 0 bridgehead atoms. The molecule has 5 heteroatoms. The second kappa shape index (κ2) is 7.47. The van der Waals surface area contributed by atoms with E-state index < -0.39 is 0 Å². The zero-order chi connectivity index (χ0) is 16.1. The van der Waals surface area contributed by atoms with E-state index in [2.05, 4.69) is 6.07 Å². The standard InChI is InChI=1S/C18H22N2O3/c19-10-9-14-5-7-15(8-6-14)23-13-18(21)20-11-12-22-17-4-2-1-3-16(17)20/h5-8,16-17H,1-4,9,11-13H2. The Kier molecular flexibility index (Phi) is 5.14. The fourth-order valence-electron chi connectivity index (χ4n) is 3.43. The van der Waals surface area contributed by atoms with Crippen LogP contribution in [0.2, 0.25) is 0 Å². The van der Waals surface area contributed by atoms with E-state index in [1.807, 2.05) is 29.2 Å². The molecule has 0 radical (unpaired) electrons. The summed E-state index contributed by atoms with van der Waals surface area (Å²) in [6.07, 6.45) is 5.02. The molecule has 0 spiro atoms. The van der Waals surface area contributed by atoms with Crippen molar-refractivity contribution < 1.29 is 14.3 Å². The third-order valence-electron chi connectivity index (χ3n) is 4.62. The van der Waals surface area contributed by atoms with Crippen molar-refractivity contribution in [3.8, 4) is 11.8 Å². The van der Waals surface area contributed by atoms with E-state index in [0.717, 1.165) is 24.8 Å². The van der Waals surface area contributed by atoms with Crippen molar-refractivity contribution in [1.29, 1.82) is 5.26 Å². The molecule has 5 nitrogen and oxygen atoms in total. The molecule has 0 aromatic heterocycles. The van der Waals surface area contributed by atoms with Gasteiger partial charge in [0.25, 0.3) is 5.91 Å². The predicted octanol–water partition coefficient (Wildman–Crippen LogP) is 2.30. The first-order valence-electron chi connectivity index (χ1n) is 8.27. The van der Waals surface area contributed by atoms with Crippen LogP contribution in [-0.2, 0) is 16.0 Å². The van der Waals surface area contributed by atoms with Gasteiger partial charge < -0.3 is 14.4 Å². The molecule has 0 N–H and O–H groups in total. The number of carbonyl (C=O) groups is 1. The van der Waals surface area contributed by atoms with Gasteiger partial charge in [-0.15, -0.1) is 0 Å². The number of hydrogen-bond donors (Lipinski definition) is 0. The van der Waals surface area contributed by atoms with Crippen LogP contribution in [0.3, 0.4) is 0 Å². The Morgan fingerprint density at radius 2 is 2.09 bits per heavy atom. The normalized spacial score (nSPS) is 23.7. The largest absolute Gasteiger partial charge is 0.484 e. The first kappa shape index (κ1) is 15.8. The van der Waals surface area contributed by atoms with Crippen LogP contribution in [0.5, 0.6) is 5.75 Å². The molecule has 1 aromatic rings. The van der Waals surface area contributed by atoms with Gasteiger partial charge >= 0.3 is 0 Å². The highest BCUT2D eigenvalue weighted by Gasteiger charge is 2.36. The minimum Gasteiger partial charge on any atom is -0.484 e. The topological polar surface area (TPSA) is 62.6 Å². The van der Waals surface area contributed by atoms with Crippen LogP contribution >= 0.6 is 0 Å². The summed E-state index contributed by atoms with van der Waals surface area (Å²) in [6.45, 7) is 1.33. The molecule has 122 valence electrons. The quantitative estimate of drug-likeness (QED) is 0.855. The third kappa shape index (κ3) is 3.83. The third-order valence-corrected chi connectivity index (χ3v) is 4.62. The maximum atomic E-state index is 12.5. The second-order valence-corrected chi connectivity index (χ2v) is 6.12.